The Balaban J connectivity index is 1.92. The van der Waals surface area contributed by atoms with Gasteiger partial charge in [-0.25, -0.2) is 0 Å². The van der Waals surface area contributed by atoms with E-state index in [2.05, 4.69) is 121 Å². The first-order chi connectivity index (χ1) is 15.3. The topological polar surface area (TPSA) is 9.23 Å². The maximum Gasteiger partial charge on any atom is 0.119 e. The minimum atomic E-state index is -0.471. The third-order valence-electron chi connectivity index (χ3n) is 6.10. The van der Waals surface area contributed by atoms with Crippen LogP contribution < -0.4 is 4.74 Å². The van der Waals surface area contributed by atoms with Crippen LogP contribution in [0.4, 0.5) is 0 Å². The minimum absolute atomic E-state index is 0.471. The molecule has 0 aliphatic rings. The van der Waals surface area contributed by atoms with Crippen molar-refractivity contribution in [3.8, 4) is 5.75 Å². The first-order valence-corrected chi connectivity index (χ1v) is 10.6. The van der Waals surface area contributed by atoms with E-state index in [1.165, 1.54) is 33.0 Å². The van der Waals surface area contributed by atoms with E-state index >= 15 is 0 Å². The summed E-state index contributed by atoms with van der Waals surface area (Å²) in [6, 6.07) is 45.3. The normalized spacial score (nSPS) is 11.4. The Morgan fingerprint density at radius 2 is 1.00 bits per heavy atom. The van der Waals surface area contributed by atoms with Crippen LogP contribution in [0.2, 0.25) is 0 Å². The molecule has 0 N–H and O–H groups in total. The molecule has 0 saturated carbocycles. The number of methoxy groups -OCH3 is 1. The lowest BCUT2D eigenvalue weighted by molar-refractivity contribution is 0.413. The van der Waals surface area contributed by atoms with Crippen LogP contribution in [0.5, 0.6) is 5.75 Å². The number of hydrogen-bond donors (Lipinski definition) is 0. The van der Waals surface area contributed by atoms with E-state index in [4.69, 9.17) is 4.74 Å². The van der Waals surface area contributed by atoms with E-state index in [9.17, 15) is 0 Å². The van der Waals surface area contributed by atoms with E-state index in [0.717, 1.165) is 5.75 Å². The number of fused-ring (bicyclic) bond motifs is 1. The molecule has 0 amide bonds. The molecular weight excluding hydrogens is 376 g/mol. The summed E-state index contributed by atoms with van der Waals surface area (Å²) in [5.41, 5.74) is 4.40. The van der Waals surface area contributed by atoms with Crippen molar-refractivity contribution in [2.75, 3.05) is 7.11 Å². The first-order valence-electron chi connectivity index (χ1n) is 10.6. The van der Waals surface area contributed by atoms with E-state index in [-0.39, 0.29) is 0 Å². The van der Waals surface area contributed by atoms with Crippen LogP contribution >= 0.6 is 0 Å². The van der Waals surface area contributed by atoms with Crippen LogP contribution in [0.25, 0.3) is 10.8 Å². The smallest absolute Gasteiger partial charge is 0.119 e. The van der Waals surface area contributed by atoms with Gasteiger partial charge in [0, 0.05) is 0 Å². The van der Waals surface area contributed by atoms with Gasteiger partial charge in [-0.15, -0.1) is 0 Å². The summed E-state index contributed by atoms with van der Waals surface area (Å²) < 4.78 is 5.63. The maximum atomic E-state index is 5.63. The second-order valence-corrected chi connectivity index (χ2v) is 7.78. The van der Waals surface area contributed by atoms with Crippen molar-refractivity contribution in [2.45, 2.75) is 5.41 Å². The average Bonchev–Trinajstić information content (AvgIpc) is 2.86. The second-order valence-electron chi connectivity index (χ2n) is 7.78. The zero-order valence-electron chi connectivity index (χ0n) is 17.5. The first kappa shape index (κ1) is 19.1. The van der Waals surface area contributed by atoms with Crippen molar-refractivity contribution >= 4 is 10.8 Å². The molecule has 1 nitrogen and oxygen atoms in total. The Labute approximate surface area is 183 Å². The van der Waals surface area contributed by atoms with Gasteiger partial charge in [-0.05, 0) is 51.2 Å². The predicted octanol–water partition coefficient (Wildman–Crippen LogP) is 7.23. The highest BCUT2D eigenvalue weighted by Gasteiger charge is 2.38. The summed E-state index contributed by atoms with van der Waals surface area (Å²) in [6.45, 7) is 0. The standard InChI is InChI=1S/C30H24O/c1-31-29-18-10-17-27(22-29)30(25-13-4-2-5-14-25,26-15-6-3-7-16-26)28-20-19-23-11-8-9-12-24(23)21-28/h2-22H,1H3. The molecule has 0 heterocycles. The summed E-state index contributed by atoms with van der Waals surface area (Å²) in [5.74, 6) is 0.856. The van der Waals surface area contributed by atoms with Crippen molar-refractivity contribution < 1.29 is 4.74 Å². The van der Waals surface area contributed by atoms with E-state index in [1.807, 2.05) is 6.07 Å². The summed E-state index contributed by atoms with van der Waals surface area (Å²) in [4.78, 5) is 0. The van der Waals surface area contributed by atoms with Crippen molar-refractivity contribution in [1.82, 2.24) is 0 Å². The van der Waals surface area contributed by atoms with Gasteiger partial charge in [0.15, 0.2) is 0 Å². The van der Waals surface area contributed by atoms with Crippen LogP contribution in [0.15, 0.2) is 127 Å². The molecule has 0 atom stereocenters. The number of ether oxygens (including phenoxy) is 1. The van der Waals surface area contributed by atoms with Crippen LogP contribution in [0.3, 0.4) is 0 Å². The van der Waals surface area contributed by atoms with Gasteiger partial charge in [0.2, 0.25) is 0 Å². The summed E-state index contributed by atoms with van der Waals surface area (Å²) in [6.07, 6.45) is 0. The third kappa shape index (κ3) is 3.29. The van der Waals surface area contributed by atoms with Gasteiger partial charge in [-0.1, -0.05) is 109 Å². The van der Waals surface area contributed by atoms with Gasteiger partial charge in [0.05, 0.1) is 12.5 Å². The molecule has 31 heavy (non-hydrogen) atoms. The van der Waals surface area contributed by atoms with Crippen molar-refractivity contribution in [3.63, 3.8) is 0 Å². The van der Waals surface area contributed by atoms with Gasteiger partial charge < -0.3 is 4.74 Å². The minimum Gasteiger partial charge on any atom is -0.497 e. The predicted molar refractivity (Wildman–Crippen MR) is 129 cm³/mol. The van der Waals surface area contributed by atoms with E-state index in [0.29, 0.717) is 0 Å². The molecule has 1 heteroatoms. The van der Waals surface area contributed by atoms with Gasteiger partial charge in [-0.2, -0.15) is 0 Å². The highest BCUT2D eigenvalue weighted by molar-refractivity contribution is 5.84. The van der Waals surface area contributed by atoms with Crippen LogP contribution in [0.1, 0.15) is 22.3 Å². The molecule has 0 radical (unpaired) electrons. The number of rotatable bonds is 5. The molecule has 0 bridgehead atoms. The lowest BCUT2D eigenvalue weighted by Gasteiger charge is -2.37. The lowest BCUT2D eigenvalue weighted by Crippen LogP contribution is -2.31. The molecule has 5 aromatic carbocycles. The Bertz CT molecular complexity index is 1270. The molecule has 0 unspecified atom stereocenters. The Kier molecular flexibility index (Phi) is 5.01. The number of hydrogen-bond acceptors (Lipinski definition) is 1. The number of benzene rings is 5. The molecule has 0 aliphatic carbocycles. The Morgan fingerprint density at radius 3 is 1.65 bits per heavy atom. The monoisotopic (exact) mass is 400 g/mol. The van der Waals surface area contributed by atoms with Gasteiger partial charge in [-0.3, -0.25) is 0 Å². The summed E-state index contributed by atoms with van der Waals surface area (Å²) in [7, 11) is 1.72. The fraction of sp³-hybridized carbons (Fsp3) is 0.0667. The van der Waals surface area contributed by atoms with Crippen molar-refractivity contribution in [2.24, 2.45) is 0 Å². The SMILES string of the molecule is COc1cccc(C(c2ccccc2)(c2ccccc2)c2ccc3ccccc3c2)c1. The summed E-state index contributed by atoms with van der Waals surface area (Å²) >= 11 is 0. The molecule has 150 valence electrons. The molecule has 0 saturated heterocycles. The fourth-order valence-corrected chi connectivity index (χ4v) is 4.66. The highest BCUT2D eigenvalue weighted by atomic mass is 16.5. The van der Waals surface area contributed by atoms with Gasteiger partial charge in [0.1, 0.15) is 5.75 Å². The Morgan fingerprint density at radius 1 is 0.452 bits per heavy atom. The molecular formula is C30H24O. The van der Waals surface area contributed by atoms with Gasteiger partial charge in [0.25, 0.3) is 0 Å². The third-order valence-corrected chi connectivity index (χ3v) is 6.10. The van der Waals surface area contributed by atoms with Crippen molar-refractivity contribution in [3.05, 3.63) is 150 Å². The quantitative estimate of drug-likeness (QED) is 0.283. The van der Waals surface area contributed by atoms with E-state index in [1.54, 1.807) is 7.11 Å². The van der Waals surface area contributed by atoms with Crippen LogP contribution in [0, 0.1) is 0 Å². The van der Waals surface area contributed by atoms with Gasteiger partial charge >= 0.3 is 0 Å². The highest BCUT2D eigenvalue weighted by Crippen LogP contribution is 2.46. The average molecular weight is 401 g/mol. The maximum absolute atomic E-state index is 5.63. The molecule has 5 rings (SSSR count). The van der Waals surface area contributed by atoms with Crippen molar-refractivity contribution in [1.29, 1.82) is 0 Å². The summed E-state index contributed by atoms with van der Waals surface area (Å²) in [5, 5.41) is 2.48. The largest absolute Gasteiger partial charge is 0.497 e. The fourth-order valence-electron chi connectivity index (χ4n) is 4.66. The van der Waals surface area contributed by atoms with Crippen LogP contribution in [-0.2, 0) is 5.41 Å². The molecule has 0 spiro atoms. The lowest BCUT2D eigenvalue weighted by atomic mass is 9.65. The second kappa shape index (κ2) is 8.12. The molecule has 0 aromatic heterocycles. The Hall–Kier alpha value is -3.84. The zero-order chi connectivity index (χ0) is 21.1. The zero-order valence-corrected chi connectivity index (χ0v) is 17.5. The molecule has 5 aromatic rings. The molecule has 0 aliphatic heterocycles. The molecule has 0 fully saturated rings. The van der Waals surface area contributed by atoms with Crippen LogP contribution in [-0.4, -0.2) is 7.11 Å². The van der Waals surface area contributed by atoms with E-state index < -0.39 is 5.41 Å².